The Balaban J connectivity index is 1.36. The zero-order chi connectivity index (χ0) is 22.7. The summed E-state index contributed by atoms with van der Waals surface area (Å²) in [6, 6.07) is 14.0. The van der Waals surface area contributed by atoms with Crippen LogP contribution in [0.15, 0.2) is 53.0 Å². The zero-order valence-electron chi connectivity index (χ0n) is 18.1. The number of hydrogen-bond donors (Lipinski definition) is 0. The summed E-state index contributed by atoms with van der Waals surface area (Å²) in [5.74, 6) is 0.659. The second-order valence-corrected chi connectivity index (χ2v) is 9.27. The summed E-state index contributed by atoms with van der Waals surface area (Å²) in [6.07, 6.45) is 2.80. The highest BCUT2D eigenvalue weighted by atomic mass is 79.9. The quantitative estimate of drug-likeness (QED) is 0.579. The molecule has 2 aliphatic heterocycles. The minimum Gasteiger partial charge on any atom is -0.497 e. The van der Waals surface area contributed by atoms with E-state index in [1.807, 2.05) is 17.0 Å². The van der Waals surface area contributed by atoms with Gasteiger partial charge in [0.05, 0.1) is 7.11 Å². The van der Waals surface area contributed by atoms with E-state index in [0.29, 0.717) is 50.0 Å². The summed E-state index contributed by atoms with van der Waals surface area (Å²) in [6.45, 7) is 1.68. The van der Waals surface area contributed by atoms with E-state index < -0.39 is 6.04 Å². The van der Waals surface area contributed by atoms with Gasteiger partial charge in [-0.05, 0) is 74.2 Å². The van der Waals surface area contributed by atoms with Crippen LogP contribution in [0.1, 0.15) is 46.4 Å². The Labute approximate surface area is 196 Å². The number of carbonyl (C=O) groups excluding carboxylic acids is 3. The molecule has 1 unspecified atom stereocenters. The smallest absolute Gasteiger partial charge is 0.254 e. The minimum atomic E-state index is -0.417. The number of hydrogen-bond acceptors (Lipinski definition) is 4. The zero-order valence-corrected chi connectivity index (χ0v) is 19.7. The van der Waals surface area contributed by atoms with Crippen molar-refractivity contribution in [3.05, 3.63) is 64.1 Å². The highest BCUT2D eigenvalue weighted by Crippen LogP contribution is 2.27. The molecule has 0 spiro atoms. The molecule has 2 aromatic rings. The van der Waals surface area contributed by atoms with Gasteiger partial charge in [0.15, 0.2) is 5.78 Å². The van der Waals surface area contributed by atoms with Gasteiger partial charge in [-0.2, -0.15) is 0 Å². The van der Waals surface area contributed by atoms with Gasteiger partial charge in [-0.1, -0.05) is 15.9 Å². The first kappa shape index (κ1) is 22.5. The molecular formula is C25H27BrN2O4. The van der Waals surface area contributed by atoms with Gasteiger partial charge in [0, 0.05) is 41.2 Å². The highest BCUT2D eigenvalue weighted by molar-refractivity contribution is 9.10. The average molecular weight is 499 g/mol. The van der Waals surface area contributed by atoms with Crippen LogP contribution in [-0.2, 0) is 4.79 Å². The van der Waals surface area contributed by atoms with Gasteiger partial charge in [-0.3, -0.25) is 14.4 Å². The molecule has 1 atom stereocenters. The normalized spacial score (nSPS) is 19.1. The fourth-order valence-corrected chi connectivity index (χ4v) is 4.85. The van der Waals surface area contributed by atoms with E-state index in [0.717, 1.165) is 16.6 Å². The second kappa shape index (κ2) is 9.86. The summed E-state index contributed by atoms with van der Waals surface area (Å²) >= 11 is 3.39. The summed E-state index contributed by atoms with van der Waals surface area (Å²) < 4.78 is 6.07. The number of halogens is 1. The fourth-order valence-electron chi connectivity index (χ4n) is 4.59. The third-order valence-electron chi connectivity index (χ3n) is 6.44. The number of piperidine rings is 1. The number of likely N-dealkylation sites (tertiary alicyclic amines) is 2. The Morgan fingerprint density at radius 2 is 1.50 bits per heavy atom. The molecule has 0 N–H and O–H groups in total. The molecule has 4 rings (SSSR count). The molecule has 0 bridgehead atoms. The Bertz CT molecular complexity index is 982. The predicted molar refractivity (Wildman–Crippen MR) is 125 cm³/mol. The minimum absolute atomic E-state index is 0.00306. The Morgan fingerprint density at radius 3 is 2.12 bits per heavy atom. The molecule has 168 valence electrons. The molecule has 0 radical (unpaired) electrons. The van der Waals surface area contributed by atoms with Gasteiger partial charge in [0.2, 0.25) is 5.91 Å². The number of carbonyl (C=O) groups is 3. The van der Waals surface area contributed by atoms with Gasteiger partial charge in [0.25, 0.3) is 5.91 Å². The standard InChI is InChI=1S/C25H27BrN2O4/c1-32-21-10-6-17(7-11-21)23(29)18-12-15-27(16-13-18)25(31)22-3-2-14-28(22)24(30)19-4-8-20(26)9-5-19/h4-11,18,22H,2-3,12-16H2,1H3. The molecule has 2 aromatic carbocycles. The number of ether oxygens (including phenoxy) is 1. The lowest BCUT2D eigenvalue weighted by Gasteiger charge is -2.35. The van der Waals surface area contributed by atoms with E-state index in [2.05, 4.69) is 15.9 Å². The van der Waals surface area contributed by atoms with Crippen molar-refractivity contribution in [2.45, 2.75) is 31.7 Å². The van der Waals surface area contributed by atoms with E-state index in [1.165, 1.54) is 0 Å². The molecule has 2 fully saturated rings. The van der Waals surface area contributed by atoms with Gasteiger partial charge < -0.3 is 14.5 Å². The third kappa shape index (κ3) is 4.72. The van der Waals surface area contributed by atoms with E-state index in [4.69, 9.17) is 4.74 Å². The molecule has 2 heterocycles. The SMILES string of the molecule is COc1ccc(C(=O)C2CCN(C(=O)C3CCCN3C(=O)c3ccc(Br)cc3)CC2)cc1. The van der Waals surface area contributed by atoms with Crippen LogP contribution in [0, 0.1) is 5.92 Å². The van der Waals surface area contributed by atoms with Crippen molar-refractivity contribution >= 4 is 33.5 Å². The van der Waals surface area contributed by atoms with Crippen molar-refractivity contribution in [2.75, 3.05) is 26.7 Å². The van der Waals surface area contributed by atoms with Crippen molar-refractivity contribution < 1.29 is 19.1 Å². The summed E-state index contributed by atoms with van der Waals surface area (Å²) in [4.78, 5) is 42.6. The summed E-state index contributed by atoms with van der Waals surface area (Å²) in [5.41, 5.74) is 1.27. The summed E-state index contributed by atoms with van der Waals surface area (Å²) in [5, 5.41) is 0. The number of Topliss-reactive ketones (excluding diaryl/α,β-unsaturated/α-hetero) is 1. The summed E-state index contributed by atoms with van der Waals surface area (Å²) in [7, 11) is 1.60. The number of nitrogens with zero attached hydrogens (tertiary/aromatic N) is 2. The first-order chi connectivity index (χ1) is 15.5. The van der Waals surface area contributed by atoms with Crippen molar-refractivity contribution in [3.63, 3.8) is 0 Å². The maximum Gasteiger partial charge on any atom is 0.254 e. The van der Waals surface area contributed by atoms with Gasteiger partial charge in [0.1, 0.15) is 11.8 Å². The molecule has 0 saturated carbocycles. The Hall–Kier alpha value is -2.67. The third-order valence-corrected chi connectivity index (χ3v) is 6.97. The van der Waals surface area contributed by atoms with Crippen LogP contribution in [0.25, 0.3) is 0 Å². The van der Waals surface area contributed by atoms with Crippen molar-refractivity contribution in [1.29, 1.82) is 0 Å². The molecule has 2 amide bonds. The van der Waals surface area contributed by atoms with E-state index in [1.54, 1.807) is 48.4 Å². The molecule has 0 aromatic heterocycles. The van der Waals surface area contributed by atoms with Crippen LogP contribution in [0.3, 0.4) is 0 Å². The van der Waals surface area contributed by atoms with Crippen LogP contribution in [0.2, 0.25) is 0 Å². The molecule has 32 heavy (non-hydrogen) atoms. The van der Waals surface area contributed by atoms with Crippen LogP contribution in [-0.4, -0.2) is 60.2 Å². The molecule has 7 heteroatoms. The lowest BCUT2D eigenvalue weighted by molar-refractivity contribution is -0.136. The fraction of sp³-hybridized carbons (Fsp3) is 0.400. The van der Waals surface area contributed by atoms with Crippen molar-refractivity contribution in [1.82, 2.24) is 9.80 Å². The lowest BCUT2D eigenvalue weighted by atomic mass is 9.88. The number of amides is 2. The molecule has 2 aliphatic rings. The number of rotatable bonds is 5. The number of benzene rings is 2. The van der Waals surface area contributed by atoms with Crippen LogP contribution < -0.4 is 4.74 Å². The second-order valence-electron chi connectivity index (χ2n) is 8.36. The maximum atomic E-state index is 13.2. The maximum absolute atomic E-state index is 13.2. The molecule has 6 nitrogen and oxygen atoms in total. The van der Waals surface area contributed by atoms with Gasteiger partial charge >= 0.3 is 0 Å². The number of methoxy groups -OCH3 is 1. The molecular weight excluding hydrogens is 472 g/mol. The Morgan fingerprint density at radius 1 is 0.875 bits per heavy atom. The molecule has 0 aliphatic carbocycles. The Kier molecular flexibility index (Phi) is 6.94. The monoisotopic (exact) mass is 498 g/mol. The first-order valence-electron chi connectivity index (χ1n) is 11.0. The van der Waals surface area contributed by atoms with E-state index in [-0.39, 0.29) is 23.5 Å². The van der Waals surface area contributed by atoms with Crippen LogP contribution >= 0.6 is 15.9 Å². The number of ketones is 1. The van der Waals surface area contributed by atoms with Gasteiger partial charge in [-0.25, -0.2) is 0 Å². The van der Waals surface area contributed by atoms with Gasteiger partial charge in [-0.15, -0.1) is 0 Å². The topological polar surface area (TPSA) is 66.9 Å². The van der Waals surface area contributed by atoms with Crippen LogP contribution in [0.5, 0.6) is 5.75 Å². The average Bonchev–Trinajstić information content (AvgIpc) is 3.33. The highest BCUT2D eigenvalue weighted by Gasteiger charge is 2.38. The predicted octanol–water partition coefficient (Wildman–Crippen LogP) is 4.18. The molecule has 2 saturated heterocycles. The van der Waals surface area contributed by atoms with Crippen LogP contribution in [0.4, 0.5) is 0 Å². The largest absolute Gasteiger partial charge is 0.497 e. The van der Waals surface area contributed by atoms with Crippen molar-refractivity contribution in [2.24, 2.45) is 5.92 Å². The van der Waals surface area contributed by atoms with E-state index in [9.17, 15) is 14.4 Å². The van der Waals surface area contributed by atoms with Crippen molar-refractivity contribution in [3.8, 4) is 5.75 Å². The van der Waals surface area contributed by atoms with E-state index >= 15 is 0 Å². The first-order valence-corrected chi connectivity index (χ1v) is 11.8. The lowest BCUT2D eigenvalue weighted by Crippen LogP contribution is -2.50.